The molecule has 2 aromatic heterocycles. The third-order valence-electron chi connectivity index (χ3n) is 5.70. The van der Waals surface area contributed by atoms with Crippen molar-refractivity contribution in [1.82, 2.24) is 15.3 Å². The van der Waals surface area contributed by atoms with Gasteiger partial charge in [-0.05, 0) is 54.5 Å². The maximum Gasteiger partial charge on any atom is 0.137 e. The Kier molecular flexibility index (Phi) is 3.05. The highest BCUT2D eigenvalue weighted by molar-refractivity contribution is 5.92. The number of aliphatic hydroxyl groups is 1. The zero-order valence-electron chi connectivity index (χ0n) is 13.5. The lowest BCUT2D eigenvalue weighted by Gasteiger charge is -2.37. The predicted molar refractivity (Wildman–Crippen MR) is 94.6 cm³/mol. The Morgan fingerprint density at radius 3 is 2.50 bits per heavy atom. The maximum absolute atomic E-state index is 11.2. The summed E-state index contributed by atoms with van der Waals surface area (Å²) in [5.41, 5.74) is 3.60. The molecule has 24 heavy (non-hydrogen) atoms. The quantitative estimate of drug-likeness (QED) is 0.679. The molecule has 2 aliphatic heterocycles. The van der Waals surface area contributed by atoms with E-state index in [0.717, 1.165) is 35.0 Å². The fourth-order valence-electron chi connectivity index (χ4n) is 4.53. The van der Waals surface area contributed by atoms with Crippen LogP contribution < -0.4 is 5.32 Å². The van der Waals surface area contributed by atoms with Crippen LogP contribution in [0.15, 0.2) is 48.8 Å². The largest absolute Gasteiger partial charge is 0.385 e. The van der Waals surface area contributed by atoms with Gasteiger partial charge in [0, 0.05) is 29.9 Å². The Morgan fingerprint density at radius 2 is 1.75 bits per heavy atom. The fourth-order valence-corrected chi connectivity index (χ4v) is 4.53. The molecule has 1 aromatic carbocycles. The number of aromatic amines is 1. The topological polar surface area (TPSA) is 60.9 Å². The van der Waals surface area contributed by atoms with Crippen LogP contribution in [-0.4, -0.2) is 27.2 Å². The summed E-state index contributed by atoms with van der Waals surface area (Å²) in [7, 11) is 0. The summed E-state index contributed by atoms with van der Waals surface area (Å²) in [5.74, 6) is 0. The number of pyridine rings is 1. The number of H-pyrrole nitrogens is 1. The first-order chi connectivity index (χ1) is 11.7. The van der Waals surface area contributed by atoms with Crippen LogP contribution in [-0.2, 0) is 5.60 Å². The Labute approximate surface area is 140 Å². The van der Waals surface area contributed by atoms with Gasteiger partial charge in [0.1, 0.15) is 5.65 Å². The fraction of sp³-hybridized carbons (Fsp3) is 0.350. The smallest absolute Gasteiger partial charge is 0.137 e. The lowest BCUT2D eigenvalue weighted by Crippen LogP contribution is -2.46. The number of hydrogen-bond acceptors (Lipinski definition) is 3. The molecule has 2 bridgehead atoms. The minimum absolute atomic E-state index is 0.466. The molecule has 3 aromatic rings. The molecule has 5 rings (SSSR count). The van der Waals surface area contributed by atoms with Gasteiger partial charge < -0.3 is 15.4 Å². The summed E-state index contributed by atoms with van der Waals surface area (Å²) in [5, 5.41) is 15.9. The van der Waals surface area contributed by atoms with Crippen LogP contribution in [0.4, 0.5) is 0 Å². The van der Waals surface area contributed by atoms with Crippen LogP contribution in [0.5, 0.6) is 0 Å². The van der Waals surface area contributed by atoms with E-state index in [-0.39, 0.29) is 0 Å². The summed E-state index contributed by atoms with van der Waals surface area (Å²) in [6, 6.07) is 13.5. The van der Waals surface area contributed by atoms with Crippen LogP contribution in [0, 0.1) is 0 Å². The van der Waals surface area contributed by atoms with Crippen molar-refractivity contribution >= 4 is 11.0 Å². The highest BCUT2D eigenvalue weighted by Gasteiger charge is 2.43. The molecule has 4 heterocycles. The van der Waals surface area contributed by atoms with E-state index < -0.39 is 5.60 Å². The van der Waals surface area contributed by atoms with E-state index in [9.17, 15) is 5.11 Å². The molecule has 122 valence electrons. The van der Waals surface area contributed by atoms with Crippen LogP contribution >= 0.6 is 0 Å². The molecule has 0 aliphatic carbocycles. The van der Waals surface area contributed by atoms with E-state index in [1.165, 1.54) is 18.4 Å². The van der Waals surface area contributed by atoms with Crippen LogP contribution in [0.25, 0.3) is 22.2 Å². The van der Waals surface area contributed by atoms with Gasteiger partial charge in [0.25, 0.3) is 0 Å². The van der Waals surface area contributed by atoms with Gasteiger partial charge in [0.05, 0.1) is 5.60 Å². The molecule has 2 fully saturated rings. The third kappa shape index (κ3) is 2.18. The minimum Gasteiger partial charge on any atom is -0.385 e. The Morgan fingerprint density at radius 1 is 1.00 bits per heavy atom. The molecule has 1 unspecified atom stereocenters. The number of aromatic nitrogens is 2. The predicted octanol–water partition coefficient (Wildman–Crippen LogP) is 3.33. The van der Waals surface area contributed by atoms with Gasteiger partial charge in [-0.1, -0.05) is 24.3 Å². The second kappa shape index (κ2) is 5.16. The molecule has 0 spiro atoms. The summed E-state index contributed by atoms with van der Waals surface area (Å²) in [6.07, 6.45) is 7.77. The first-order valence-electron chi connectivity index (χ1n) is 8.73. The monoisotopic (exact) mass is 319 g/mol. The van der Waals surface area contributed by atoms with Crippen LogP contribution in [0.2, 0.25) is 0 Å². The zero-order chi connectivity index (χ0) is 16.1. The number of fused-ring (bicyclic) bond motifs is 3. The van der Waals surface area contributed by atoms with Crippen molar-refractivity contribution in [2.75, 3.05) is 0 Å². The molecule has 0 amide bonds. The third-order valence-corrected chi connectivity index (χ3v) is 5.70. The average Bonchev–Trinajstić information content (AvgIpc) is 3.21. The van der Waals surface area contributed by atoms with Gasteiger partial charge in [-0.3, -0.25) is 0 Å². The van der Waals surface area contributed by atoms with E-state index in [4.69, 9.17) is 0 Å². The van der Waals surface area contributed by atoms with E-state index in [2.05, 4.69) is 45.6 Å². The van der Waals surface area contributed by atoms with Crippen molar-refractivity contribution in [2.45, 2.75) is 43.4 Å². The standard InChI is InChI=1S/C20H21N3O/c24-20(11-15-5-6-16(12-20)23-15)14-3-1-13(2-4-14)17-7-9-21-19-18(17)8-10-22-19/h1-4,7-10,15-16,23-24H,5-6,11-12H2,(H,21,22)/t15-,16+,20?. The number of hydrogen-bond donors (Lipinski definition) is 3. The molecule has 2 saturated heterocycles. The summed E-state index contributed by atoms with van der Waals surface area (Å²) >= 11 is 0. The van der Waals surface area contributed by atoms with Crippen molar-refractivity contribution in [3.8, 4) is 11.1 Å². The van der Waals surface area contributed by atoms with Gasteiger partial charge in [-0.15, -0.1) is 0 Å². The second-order valence-electron chi connectivity index (χ2n) is 7.25. The van der Waals surface area contributed by atoms with E-state index in [0.29, 0.717) is 12.1 Å². The lowest BCUT2D eigenvalue weighted by atomic mass is 9.81. The maximum atomic E-state index is 11.2. The Hall–Kier alpha value is -2.17. The Bertz CT molecular complexity index is 871. The molecular weight excluding hydrogens is 298 g/mol. The lowest BCUT2D eigenvalue weighted by molar-refractivity contribution is -0.0114. The number of rotatable bonds is 2. The van der Waals surface area contributed by atoms with Gasteiger partial charge in [0.2, 0.25) is 0 Å². The van der Waals surface area contributed by atoms with Crippen molar-refractivity contribution in [3.63, 3.8) is 0 Å². The first kappa shape index (κ1) is 14.2. The number of benzene rings is 1. The molecule has 2 aliphatic rings. The molecular formula is C20H21N3O. The number of nitrogens with zero attached hydrogens (tertiary/aromatic N) is 1. The molecule has 3 N–H and O–H groups in total. The van der Waals surface area contributed by atoms with Gasteiger partial charge >= 0.3 is 0 Å². The van der Waals surface area contributed by atoms with E-state index in [1.807, 2.05) is 18.5 Å². The Balaban J connectivity index is 1.50. The molecule has 4 nitrogen and oxygen atoms in total. The average molecular weight is 319 g/mol. The number of piperidine rings is 1. The molecule has 0 radical (unpaired) electrons. The van der Waals surface area contributed by atoms with Crippen molar-refractivity contribution in [3.05, 3.63) is 54.4 Å². The van der Waals surface area contributed by atoms with E-state index in [1.54, 1.807) is 0 Å². The van der Waals surface area contributed by atoms with Crippen LogP contribution in [0.1, 0.15) is 31.2 Å². The minimum atomic E-state index is -0.683. The summed E-state index contributed by atoms with van der Waals surface area (Å²) < 4.78 is 0. The van der Waals surface area contributed by atoms with Gasteiger partial charge in [0.15, 0.2) is 0 Å². The molecule has 4 heteroatoms. The number of nitrogens with one attached hydrogen (secondary N) is 2. The molecule has 0 saturated carbocycles. The second-order valence-corrected chi connectivity index (χ2v) is 7.25. The van der Waals surface area contributed by atoms with Crippen molar-refractivity contribution in [2.24, 2.45) is 0 Å². The van der Waals surface area contributed by atoms with Crippen molar-refractivity contribution in [1.29, 1.82) is 0 Å². The SMILES string of the molecule is OC1(c2ccc(-c3ccnc4[nH]ccc34)cc2)C[C@H]2CC[C@@H](C1)N2. The highest BCUT2D eigenvalue weighted by atomic mass is 16.3. The summed E-state index contributed by atoms with van der Waals surface area (Å²) in [4.78, 5) is 7.51. The molecule has 3 atom stereocenters. The van der Waals surface area contributed by atoms with Gasteiger partial charge in [-0.25, -0.2) is 4.98 Å². The first-order valence-corrected chi connectivity index (χ1v) is 8.73. The van der Waals surface area contributed by atoms with E-state index >= 15 is 0 Å². The zero-order valence-corrected chi connectivity index (χ0v) is 13.5. The van der Waals surface area contributed by atoms with Crippen LogP contribution in [0.3, 0.4) is 0 Å². The normalized spacial score (nSPS) is 29.2. The van der Waals surface area contributed by atoms with Crippen molar-refractivity contribution < 1.29 is 5.11 Å². The highest BCUT2D eigenvalue weighted by Crippen LogP contribution is 2.41. The van der Waals surface area contributed by atoms with Gasteiger partial charge in [-0.2, -0.15) is 0 Å². The summed E-state index contributed by atoms with van der Waals surface area (Å²) in [6.45, 7) is 0.